The fourth-order valence-electron chi connectivity index (χ4n) is 2.00. The third-order valence-electron chi connectivity index (χ3n) is 3.45. The molecule has 1 aliphatic rings. The molecule has 1 saturated carbocycles. The van der Waals surface area contributed by atoms with Gasteiger partial charge in [0.15, 0.2) is 5.13 Å². The van der Waals surface area contributed by atoms with Crippen molar-refractivity contribution >= 4 is 26.7 Å². The van der Waals surface area contributed by atoms with Gasteiger partial charge in [0, 0.05) is 13.1 Å². The van der Waals surface area contributed by atoms with Gasteiger partial charge in [0.1, 0.15) is 0 Å². The molecular formula is C13H17N3S. The van der Waals surface area contributed by atoms with Crippen molar-refractivity contribution in [1.29, 1.82) is 0 Å². The van der Waals surface area contributed by atoms with Crippen molar-refractivity contribution in [1.82, 2.24) is 10.3 Å². The molecule has 0 unspecified atom stereocenters. The van der Waals surface area contributed by atoms with E-state index < -0.39 is 0 Å². The smallest absolute Gasteiger partial charge is 0.181 e. The number of nitrogens with one attached hydrogen (secondary N) is 1. The molecule has 0 atom stereocenters. The van der Waals surface area contributed by atoms with Crippen LogP contribution in [0, 0.1) is 5.41 Å². The zero-order chi connectivity index (χ0) is 11.9. The number of nitrogens with zero attached hydrogens (tertiary/aromatic N) is 1. The minimum atomic E-state index is 0.568. The van der Waals surface area contributed by atoms with E-state index >= 15 is 0 Å². The van der Waals surface area contributed by atoms with Crippen molar-refractivity contribution in [3.63, 3.8) is 0 Å². The van der Waals surface area contributed by atoms with Crippen LogP contribution in [0.1, 0.15) is 25.3 Å². The maximum atomic E-state index is 5.70. The second kappa shape index (κ2) is 3.96. The molecule has 1 aromatic carbocycles. The molecule has 0 radical (unpaired) electrons. The Bertz CT molecular complexity index is 543. The first-order chi connectivity index (χ1) is 8.15. The topological polar surface area (TPSA) is 50.9 Å². The summed E-state index contributed by atoms with van der Waals surface area (Å²) in [5.74, 6) is 0. The molecular weight excluding hydrogens is 230 g/mol. The van der Waals surface area contributed by atoms with Crippen molar-refractivity contribution in [2.45, 2.75) is 26.3 Å². The third kappa shape index (κ3) is 2.42. The molecule has 1 fully saturated rings. The zero-order valence-electron chi connectivity index (χ0n) is 9.99. The lowest BCUT2D eigenvalue weighted by Gasteiger charge is -2.09. The minimum absolute atomic E-state index is 0.568. The first-order valence-corrected chi connectivity index (χ1v) is 6.82. The maximum absolute atomic E-state index is 5.70. The van der Waals surface area contributed by atoms with E-state index in [0.29, 0.717) is 10.5 Å². The lowest BCUT2D eigenvalue weighted by Crippen LogP contribution is -2.21. The summed E-state index contributed by atoms with van der Waals surface area (Å²) in [6.07, 6.45) is 2.73. The van der Waals surface area contributed by atoms with Crippen LogP contribution >= 0.6 is 11.3 Å². The van der Waals surface area contributed by atoms with Crippen LogP contribution in [0.25, 0.3) is 10.2 Å². The van der Waals surface area contributed by atoms with E-state index in [1.165, 1.54) is 23.1 Å². The first kappa shape index (κ1) is 11.0. The number of hydrogen-bond acceptors (Lipinski definition) is 4. The molecule has 0 bridgehead atoms. The van der Waals surface area contributed by atoms with Gasteiger partial charge in [0.05, 0.1) is 10.2 Å². The highest BCUT2D eigenvalue weighted by atomic mass is 32.1. The lowest BCUT2D eigenvalue weighted by molar-refractivity contribution is 0.499. The van der Waals surface area contributed by atoms with Gasteiger partial charge in [-0.05, 0) is 36.0 Å². The second-order valence-corrected chi connectivity index (χ2v) is 6.33. The fourth-order valence-corrected chi connectivity index (χ4v) is 2.79. The Balaban J connectivity index is 1.67. The summed E-state index contributed by atoms with van der Waals surface area (Å²) in [5.41, 5.74) is 8.58. The van der Waals surface area contributed by atoms with E-state index in [1.807, 2.05) is 0 Å². The van der Waals surface area contributed by atoms with Crippen LogP contribution in [-0.4, -0.2) is 11.5 Å². The van der Waals surface area contributed by atoms with Gasteiger partial charge in [0.2, 0.25) is 0 Å². The summed E-state index contributed by atoms with van der Waals surface area (Å²) in [7, 11) is 0. The number of fused-ring (bicyclic) bond motifs is 1. The maximum Gasteiger partial charge on any atom is 0.181 e. The summed E-state index contributed by atoms with van der Waals surface area (Å²) in [5, 5.41) is 4.18. The average molecular weight is 247 g/mol. The molecule has 1 aliphatic carbocycles. The number of rotatable bonds is 4. The van der Waals surface area contributed by atoms with Crippen LogP contribution in [-0.2, 0) is 6.54 Å². The second-order valence-electron chi connectivity index (χ2n) is 5.27. The molecule has 1 aromatic heterocycles. The number of nitrogens with two attached hydrogens (primary N) is 1. The average Bonchev–Trinajstić information content (AvgIpc) is 2.89. The molecule has 1 heterocycles. The van der Waals surface area contributed by atoms with E-state index in [0.717, 1.165) is 18.6 Å². The summed E-state index contributed by atoms with van der Waals surface area (Å²) < 4.78 is 1.18. The predicted octanol–water partition coefficient (Wildman–Crippen LogP) is 2.77. The molecule has 0 aliphatic heterocycles. The van der Waals surface area contributed by atoms with Crippen LogP contribution in [0.4, 0.5) is 5.13 Å². The lowest BCUT2D eigenvalue weighted by atomic mass is 10.1. The van der Waals surface area contributed by atoms with Crippen molar-refractivity contribution < 1.29 is 0 Å². The number of aromatic nitrogens is 1. The van der Waals surface area contributed by atoms with E-state index in [2.05, 4.69) is 35.4 Å². The molecule has 90 valence electrons. The van der Waals surface area contributed by atoms with Crippen molar-refractivity contribution in [3.05, 3.63) is 23.8 Å². The van der Waals surface area contributed by atoms with Gasteiger partial charge in [-0.1, -0.05) is 24.3 Å². The zero-order valence-corrected chi connectivity index (χ0v) is 10.8. The van der Waals surface area contributed by atoms with Crippen LogP contribution in [0.15, 0.2) is 18.2 Å². The van der Waals surface area contributed by atoms with Gasteiger partial charge in [-0.15, -0.1) is 0 Å². The summed E-state index contributed by atoms with van der Waals surface area (Å²) in [6.45, 7) is 4.40. The highest BCUT2D eigenvalue weighted by molar-refractivity contribution is 7.22. The van der Waals surface area contributed by atoms with Gasteiger partial charge >= 0.3 is 0 Å². The highest BCUT2D eigenvalue weighted by Gasteiger charge is 2.36. The van der Waals surface area contributed by atoms with E-state index in [-0.39, 0.29) is 0 Å². The van der Waals surface area contributed by atoms with Crippen LogP contribution in [0.3, 0.4) is 0 Å². The van der Waals surface area contributed by atoms with Gasteiger partial charge in [-0.2, -0.15) is 0 Å². The molecule has 3 N–H and O–H groups in total. The SMILES string of the molecule is CC1(CNCc2ccc3nc(N)sc3c2)CC1. The number of hydrogen-bond donors (Lipinski definition) is 2. The fraction of sp³-hybridized carbons (Fsp3) is 0.462. The van der Waals surface area contributed by atoms with Gasteiger partial charge in [-0.3, -0.25) is 0 Å². The Hall–Kier alpha value is -1.13. The number of benzene rings is 1. The van der Waals surface area contributed by atoms with Gasteiger partial charge in [0.25, 0.3) is 0 Å². The minimum Gasteiger partial charge on any atom is -0.375 e. The van der Waals surface area contributed by atoms with Crippen LogP contribution in [0.5, 0.6) is 0 Å². The van der Waals surface area contributed by atoms with Crippen molar-refractivity contribution in [2.75, 3.05) is 12.3 Å². The van der Waals surface area contributed by atoms with Gasteiger partial charge < -0.3 is 11.1 Å². The van der Waals surface area contributed by atoms with Crippen LogP contribution < -0.4 is 11.1 Å². The van der Waals surface area contributed by atoms with Gasteiger partial charge in [-0.25, -0.2) is 4.98 Å². The molecule has 17 heavy (non-hydrogen) atoms. The summed E-state index contributed by atoms with van der Waals surface area (Å²) >= 11 is 1.56. The molecule has 0 spiro atoms. The normalized spacial score (nSPS) is 17.5. The Labute approximate surface area is 105 Å². The van der Waals surface area contributed by atoms with Crippen LogP contribution in [0.2, 0.25) is 0 Å². The van der Waals surface area contributed by atoms with E-state index in [4.69, 9.17) is 5.73 Å². The largest absolute Gasteiger partial charge is 0.375 e. The quantitative estimate of drug-likeness (QED) is 0.873. The highest BCUT2D eigenvalue weighted by Crippen LogP contribution is 2.44. The molecule has 3 rings (SSSR count). The van der Waals surface area contributed by atoms with E-state index in [1.54, 1.807) is 11.3 Å². The third-order valence-corrected chi connectivity index (χ3v) is 4.30. The van der Waals surface area contributed by atoms with E-state index in [9.17, 15) is 0 Å². The Morgan fingerprint density at radius 3 is 3.06 bits per heavy atom. The van der Waals surface area contributed by atoms with Crippen molar-refractivity contribution in [2.24, 2.45) is 5.41 Å². The molecule has 0 amide bonds. The predicted molar refractivity (Wildman–Crippen MR) is 73.1 cm³/mol. The Morgan fingerprint density at radius 2 is 2.29 bits per heavy atom. The summed E-state index contributed by atoms with van der Waals surface area (Å²) in [4.78, 5) is 4.26. The standard InChI is InChI=1S/C13H17N3S/c1-13(4-5-13)8-15-7-9-2-3-10-11(6-9)17-12(14)16-10/h2-3,6,15H,4-5,7-8H2,1H3,(H2,14,16). The Kier molecular flexibility index (Phi) is 2.56. The number of nitrogen functional groups attached to an aromatic ring is 1. The number of thiazole rings is 1. The molecule has 3 nitrogen and oxygen atoms in total. The first-order valence-electron chi connectivity index (χ1n) is 6.00. The monoisotopic (exact) mass is 247 g/mol. The number of anilines is 1. The van der Waals surface area contributed by atoms with Crippen molar-refractivity contribution in [3.8, 4) is 0 Å². The molecule has 4 heteroatoms. The molecule has 2 aromatic rings. The Morgan fingerprint density at radius 1 is 1.47 bits per heavy atom. The molecule has 0 saturated heterocycles. The summed E-state index contributed by atoms with van der Waals surface area (Å²) in [6, 6.07) is 6.37.